The molecule has 2 aromatic rings. The average molecular weight is 277 g/mol. The molecule has 1 N–H and O–H groups in total. The molecular weight excluding hydrogens is 262 g/mol. The van der Waals surface area contributed by atoms with E-state index in [1.165, 1.54) is 17.9 Å². The fourth-order valence-electron chi connectivity index (χ4n) is 1.76. The summed E-state index contributed by atoms with van der Waals surface area (Å²) in [5, 5.41) is 6.85. The highest BCUT2D eigenvalue weighted by Gasteiger charge is 2.16. The van der Waals surface area contributed by atoms with Gasteiger partial charge in [-0.2, -0.15) is 5.10 Å². The number of hydrogen-bond donors (Lipinski definition) is 1. The van der Waals surface area contributed by atoms with Gasteiger partial charge in [-0.05, 0) is 13.0 Å². The lowest BCUT2D eigenvalue weighted by Gasteiger charge is -2.03. The maximum Gasteiger partial charge on any atom is 0.374 e. The van der Waals surface area contributed by atoms with Crippen LogP contribution in [0, 0.1) is 6.92 Å². The van der Waals surface area contributed by atoms with E-state index in [4.69, 9.17) is 4.42 Å². The summed E-state index contributed by atoms with van der Waals surface area (Å²) in [6, 6.07) is 3.12. The Morgan fingerprint density at radius 2 is 2.25 bits per heavy atom. The van der Waals surface area contributed by atoms with Crippen LogP contribution in [0.5, 0.6) is 0 Å². The highest BCUT2D eigenvalue weighted by molar-refractivity contribution is 5.87. The summed E-state index contributed by atoms with van der Waals surface area (Å²) in [5.74, 6) is 0.0664. The number of carbonyl (C=O) groups is 1. The second-order valence-electron chi connectivity index (χ2n) is 4.21. The molecule has 2 heterocycles. The number of furan rings is 1. The molecule has 0 amide bonds. The van der Waals surface area contributed by atoms with Crippen LogP contribution in [0.3, 0.4) is 0 Å². The van der Waals surface area contributed by atoms with Crippen LogP contribution in [0.4, 0.5) is 5.69 Å². The van der Waals surface area contributed by atoms with Crippen molar-refractivity contribution in [3.63, 3.8) is 0 Å². The van der Waals surface area contributed by atoms with Crippen LogP contribution < -0.4 is 10.9 Å². The summed E-state index contributed by atoms with van der Waals surface area (Å²) in [6.45, 7) is 1.89. The number of anilines is 1. The van der Waals surface area contributed by atoms with E-state index >= 15 is 0 Å². The molecule has 20 heavy (non-hydrogen) atoms. The minimum Gasteiger partial charge on any atom is -0.463 e. The number of methoxy groups -OCH3 is 1. The molecule has 0 bridgehead atoms. The Morgan fingerprint density at radius 1 is 1.50 bits per heavy atom. The maximum atomic E-state index is 11.8. The Bertz CT molecular complexity index is 687. The molecule has 0 saturated heterocycles. The number of ether oxygens (including phenoxy) is 1. The monoisotopic (exact) mass is 277 g/mol. The Labute approximate surface area is 115 Å². The fraction of sp³-hybridized carbons (Fsp3) is 0.308. The zero-order chi connectivity index (χ0) is 14.7. The summed E-state index contributed by atoms with van der Waals surface area (Å²) in [4.78, 5) is 23.3. The molecule has 2 aromatic heterocycles. The topological polar surface area (TPSA) is 86.4 Å². The molecule has 0 fully saturated rings. The van der Waals surface area contributed by atoms with E-state index in [1.807, 2.05) is 0 Å². The van der Waals surface area contributed by atoms with Crippen LogP contribution >= 0.6 is 0 Å². The van der Waals surface area contributed by atoms with Gasteiger partial charge in [-0.3, -0.25) is 4.79 Å². The zero-order valence-electron chi connectivity index (χ0n) is 11.5. The third kappa shape index (κ3) is 2.71. The smallest absolute Gasteiger partial charge is 0.374 e. The summed E-state index contributed by atoms with van der Waals surface area (Å²) < 4.78 is 11.3. The maximum absolute atomic E-state index is 11.8. The number of rotatable bonds is 4. The molecule has 0 aliphatic carbocycles. The Balaban J connectivity index is 2.27. The van der Waals surface area contributed by atoms with Gasteiger partial charge in [-0.25, -0.2) is 9.48 Å². The Kier molecular flexibility index (Phi) is 3.88. The zero-order valence-corrected chi connectivity index (χ0v) is 11.5. The first-order valence-corrected chi connectivity index (χ1v) is 5.97. The SMILES string of the molecule is CNc1cnn(Cc2cc(C)c(C(=O)OC)o2)c(=O)c1. The van der Waals surface area contributed by atoms with Crippen molar-refractivity contribution in [2.75, 3.05) is 19.5 Å². The highest BCUT2D eigenvalue weighted by atomic mass is 16.5. The van der Waals surface area contributed by atoms with Gasteiger partial charge in [0, 0.05) is 18.7 Å². The van der Waals surface area contributed by atoms with Gasteiger partial charge in [0.2, 0.25) is 5.76 Å². The van der Waals surface area contributed by atoms with Crippen LogP contribution in [0.15, 0.2) is 27.5 Å². The number of nitrogens with one attached hydrogen (secondary N) is 1. The van der Waals surface area contributed by atoms with Crippen molar-refractivity contribution in [1.29, 1.82) is 0 Å². The number of esters is 1. The van der Waals surface area contributed by atoms with Crippen LogP contribution in [0.25, 0.3) is 0 Å². The first kappa shape index (κ1) is 13.9. The molecule has 0 atom stereocenters. The first-order chi connectivity index (χ1) is 9.55. The van der Waals surface area contributed by atoms with Gasteiger partial charge < -0.3 is 14.5 Å². The standard InChI is InChI=1S/C13H15N3O4/c1-8-4-10(20-12(8)13(18)19-3)7-16-11(17)5-9(14-2)6-15-16/h4-6,14H,7H2,1-3H3. The Morgan fingerprint density at radius 3 is 2.85 bits per heavy atom. The minimum absolute atomic E-state index is 0.141. The van der Waals surface area contributed by atoms with Crippen molar-refractivity contribution in [2.24, 2.45) is 0 Å². The second kappa shape index (κ2) is 5.60. The van der Waals surface area contributed by atoms with Gasteiger partial charge >= 0.3 is 5.97 Å². The van der Waals surface area contributed by atoms with Gasteiger partial charge in [0.1, 0.15) is 12.3 Å². The molecular formula is C13H15N3O4. The van der Waals surface area contributed by atoms with Gasteiger partial charge in [0.15, 0.2) is 0 Å². The molecule has 0 spiro atoms. The van der Waals surface area contributed by atoms with Gasteiger partial charge in [-0.15, -0.1) is 0 Å². The number of aromatic nitrogens is 2. The van der Waals surface area contributed by atoms with Crippen LogP contribution in [-0.2, 0) is 11.3 Å². The van der Waals surface area contributed by atoms with E-state index < -0.39 is 5.97 Å². The lowest BCUT2D eigenvalue weighted by Crippen LogP contribution is -2.22. The summed E-state index contributed by atoms with van der Waals surface area (Å²) in [5.41, 5.74) is 1.04. The number of carbonyl (C=O) groups excluding carboxylic acids is 1. The lowest BCUT2D eigenvalue weighted by molar-refractivity contribution is 0.0561. The van der Waals surface area contributed by atoms with Gasteiger partial charge in [-0.1, -0.05) is 0 Å². The molecule has 0 unspecified atom stereocenters. The predicted molar refractivity (Wildman–Crippen MR) is 71.9 cm³/mol. The van der Waals surface area contributed by atoms with Gasteiger partial charge in [0.25, 0.3) is 5.56 Å². The predicted octanol–water partition coefficient (Wildman–Crippen LogP) is 1.02. The molecule has 0 aromatic carbocycles. The largest absolute Gasteiger partial charge is 0.463 e. The Hall–Kier alpha value is -2.57. The van der Waals surface area contributed by atoms with Crippen molar-refractivity contribution in [2.45, 2.75) is 13.5 Å². The lowest BCUT2D eigenvalue weighted by atomic mass is 10.2. The molecule has 7 nitrogen and oxygen atoms in total. The van der Waals surface area contributed by atoms with E-state index in [0.717, 1.165) is 0 Å². The van der Waals surface area contributed by atoms with Crippen molar-refractivity contribution >= 4 is 11.7 Å². The summed E-state index contributed by atoms with van der Waals surface area (Å²) in [6.07, 6.45) is 1.54. The highest BCUT2D eigenvalue weighted by Crippen LogP contribution is 2.16. The van der Waals surface area contributed by atoms with E-state index in [0.29, 0.717) is 17.0 Å². The van der Waals surface area contributed by atoms with Crippen molar-refractivity contribution < 1.29 is 13.9 Å². The van der Waals surface area contributed by atoms with Crippen molar-refractivity contribution in [3.8, 4) is 0 Å². The molecule has 106 valence electrons. The van der Waals surface area contributed by atoms with E-state index in [2.05, 4.69) is 15.2 Å². The third-order valence-electron chi connectivity index (χ3n) is 2.80. The fourth-order valence-corrected chi connectivity index (χ4v) is 1.76. The van der Waals surface area contributed by atoms with Crippen LogP contribution in [0.2, 0.25) is 0 Å². The molecule has 2 rings (SSSR count). The molecule has 0 aliphatic heterocycles. The van der Waals surface area contributed by atoms with Crippen molar-refractivity contribution in [1.82, 2.24) is 9.78 Å². The second-order valence-corrected chi connectivity index (χ2v) is 4.21. The first-order valence-electron chi connectivity index (χ1n) is 5.97. The number of aryl methyl sites for hydroxylation is 1. The number of hydrogen-bond acceptors (Lipinski definition) is 6. The molecule has 0 aliphatic rings. The van der Waals surface area contributed by atoms with E-state index in [1.54, 1.807) is 26.2 Å². The molecule has 0 saturated carbocycles. The minimum atomic E-state index is -0.542. The van der Waals surface area contributed by atoms with Crippen LogP contribution in [0.1, 0.15) is 21.9 Å². The van der Waals surface area contributed by atoms with E-state index in [9.17, 15) is 9.59 Å². The molecule has 7 heteroatoms. The third-order valence-corrected chi connectivity index (χ3v) is 2.80. The quantitative estimate of drug-likeness (QED) is 0.840. The number of nitrogens with zero attached hydrogens (tertiary/aromatic N) is 2. The summed E-state index contributed by atoms with van der Waals surface area (Å²) in [7, 11) is 2.99. The summed E-state index contributed by atoms with van der Waals surface area (Å²) >= 11 is 0. The van der Waals surface area contributed by atoms with Crippen LogP contribution in [-0.4, -0.2) is 29.9 Å². The average Bonchev–Trinajstić information content (AvgIpc) is 2.81. The van der Waals surface area contributed by atoms with Crippen molar-refractivity contribution in [3.05, 3.63) is 45.8 Å². The normalized spacial score (nSPS) is 10.3. The van der Waals surface area contributed by atoms with Gasteiger partial charge in [0.05, 0.1) is 19.0 Å². The molecule has 0 radical (unpaired) electrons. The van der Waals surface area contributed by atoms with E-state index in [-0.39, 0.29) is 17.9 Å².